The van der Waals surface area contributed by atoms with Gasteiger partial charge in [-0.3, -0.25) is 4.79 Å². The average molecular weight is 344 g/mol. The summed E-state index contributed by atoms with van der Waals surface area (Å²) in [5, 5.41) is 0. The van der Waals surface area contributed by atoms with E-state index >= 15 is 0 Å². The highest BCUT2D eigenvalue weighted by atomic mass is 16.6. The number of hydrogen-bond donors (Lipinski definition) is 0. The molecule has 2 atom stereocenters. The van der Waals surface area contributed by atoms with Crippen molar-refractivity contribution in [2.24, 2.45) is 5.92 Å². The lowest BCUT2D eigenvalue weighted by atomic mass is 10.0. The van der Waals surface area contributed by atoms with Gasteiger partial charge in [0.05, 0.1) is 6.61 Å². The van der Waals surface area contributed by atoms with E-state index in [0.717, 1.165) is 32.4 Å². The van der Waals surface area contributed by atoms with Crippen LogP contribution in [0.4, 0.5) is 4.79 Å². The van der Waals surface area contributed by atoms with Gasteiger partial charge in [0.1, 0.15) is 0 Å². The van der Waals surface area contributed by atoms with Crippen LogP contribution in [-0.4, -0.2) is 54.6 Å². The van der Waals surface area contributed by atoms with Gasteiger partial charge in [0, 0.05) is 32.1 Å². The van der Waals surface area contributed by atoms with Gasteiger partial charge < -0.3 is 14.5 Å². The second kappa shape index (κ2) is 7.46. The Kier molecular flexibility index (Phi) is 5.30. The lowest BCUT2D eigenvalue weighted by Gasteiger charge is -2.36. The fourth-order valence-corrected chi connectivity index (χ4v) is 3.90. The monoisotopic (exact) mass is 344 g/mol. The maximum Gasteiger partial charge on any atom is 0.409 e. The van der Waals surface area contributed by atoms with Crippen LogP contribution >= 0.6 is 0 Å². The van der Waals surface area contributed by atoms with Gasteiger partial charge in [-0.2, -0.15) is 0 Å². The maximum atomic E-state index is 12.8. The fraction of sp³-hybridized carbons (Fsp3) is 0.600. The average Bonchev–Trinajstić information content (AvgIpc) is 3.42. The zero-order valence-electron chi connectivity index (χ0n) is 15.4. The highest BCUT2D eigenvalue weighted by Gasteiger charge is 2.46. The minimum atomic E-state index is -0.269. The molecule has 1 aliphatic carbocycles. The quantitative estimate of drug-likeness (QED) is 0.843. The van der Waals surface area contributed by atoms with Crippen LogP contribution in [0.25, 0.3) is 0 Å². The van der Waals surface area contributed by atoms with E-state index in [0.29, 0.717) is 12.5 Å². The number of benzene rings is 1. The van der Waals surface area contributed by atoms with Crippen LogP contribution in [0.2, 0.25) is 0 Å². The second-order valence-corrected chi connectivity index (χ2v) is 7.17. The zero-order valence-corrected chi connectivity index (χ0v) is 15.4. The summed E-state index contributed by atoms with van der Waals surface area (Å²) in [5.41, 5.74) is 2.59. The van der Waals surface area contributed by atoms with Crippen LogP contribution in [0.3, 0.4) is 0 Å². The molecule has 5 heteroatoms. The summed E-state index contributed by atoms with van der Waals surface area (Å²) in [6, 6.07) is 8.52. The first-order valence-electron chi connectivity index (χ1n) is 9.26. The highest BCUT2D eigenvalue weighted by molar-refractivity contribution is 5.83. The van der Waals surface area contributed by atoms with Crippen molar-refractivity contribution in [3.05, 3.63) is 35.4 Å². The molecule has 136 valence electrons. The predicted octanol–water partition coefficient (Wildman–Crippen LogP) is 3.18. The third-order valence-corrected chi connectivity index (χ3v) is 5.58. The number of likely N-dealkylation sites (tertiary alicyclic amines) is 1. The van der Waals surface area contributed by atoms with E-state index in [1.807, 2.05) is 17.9 Å². The molecular weight excluding hydrogens is 316 g/mol. The number of rotatable bonds is 4. The number of carbonyl (C=O) groups excluding carboxylic acids is 2. The van der Waals surface area contributed by atoms with Gasteiger partial charge in [0.15, 0.2) is 0 Å². The number of piperidine rings is 1. The van der Waals surface area contributed by atoms with Gasteiger partial charge in [-0.15, -0.1) is 0 Å². The number of nitrogens with zero attached hydrogens (tertiary/aromatic N) is 2. The predicted molar refractivity (Wildman–Crippen MR) is 96.4 cm³/mol. The lowest BCUT2D eigenvalue weighted by Crippen LogP contribution is -2.47. The molecule has 25 heavy (non-hydrogen) atoms. The van der Waals surface area contributed by atoms with Crippen molar-refractivity contribution in [2.75, 3.05) is 26.7 Å². The topological polar surface area (TPSA) is 49.9 Å². The maximum absolute atomic E-state index is 12.8. The van der Waals surface area contributed by atoms with Crippen LogP contribution in [0.5, 0.6) is 0 Å². The minimum Gasteiger partial charge on any atom is -0.450 e. The van der Waals surface area contributed by atoms with E-state index in [1.165, 1.54) is 11.1 Å². The summed E-state index contributed by atoms with van der Waals surface area (Å²) < 4.78 is 5.06. The highest BCUT2D eigenvalue weighted by Crippen LogP contribution is 2.49. The normalized spacial score (nSPS) is 23.2. The van der Waals surface area contributed by atoms with Gasteiger partial charge >= 0.3 is 6.09 Å². The molecule has 1 aromatic rings. The largest absolute Gasteiger partial charge is 0.450 e. The van der Waals surface area contributed by atoms with Crippen LogP contribution in [0, 0.1) is 12.8 Å². The van der Waals surface area contributed by atoms with E-state index in [4.69, 9.17) is 4.74 Å². The molecule has 0 N–H and O–H groups in total. The summed E-state index contributed by atoms with van der Waals surface area (Å²) in [4.78, 5) is 28.3. The second-order valence-electron chi connectivity index (χ2n) is 7.17. The number of ether oxygens (including phenoxy) is 1. The molecule has 1 aromatic carbocycles. The minimum absolute atomic E-state index is 0.139. The van der Waals surface area contributed by atoms with E-state index in [1.54, 1.807) is 11.9 Å². The van der Waals surface area contributed by atoms with Crippen molar-refractivity contribution < 1.29 is 14.3 Å². The van der Waals surface area contributed by atoms with Gasteiger partial charge in [-0.1, -0.05) is 24.3 Å². The fourth-order valence-electron chi connectivity index (χ4n) is 3.90. The van der Waals surface area contributed by atoms with Gasteiger partial charge in [-0.25, -0.2) is 4.79 Å². The molecule has 5 nitrogen and oxygen atoms in total. The first kappa shape index (κ1) is 17.8. The Balaban J connectivity index is 1.51. The molecule has 0 bridgehead atoms. The molecule has 1 saturated carbocycles. The first-order valence-corrected chi connectivity index (χ1v) is 9.26. The standard InChI is InChI=1S/C20H28N2O3/c1-4-25-20(24)21(3)15-9-11-22(12-10-15)19(23)18-13-17(18)16-8-6-5-7-14(16)2/h5-8,15,17-18H,4,9-13H2,1-3H3/t17-,18+/m1/s1. The molecule has 2 amide bonds. The summed E-state index contributed by atoms with van der Waals surface area (Å²) in [5.74, 6) is 0.805. The van der Waals surface area contributed by atoms with Crippen molar-refractivity contribution in [1.29, 1.82) is 0 Å². The third kappa shape index (κ3) is 3.80. The van der Waals surface area contributed by atoms with Crippen molar-refractivity contribution >= 4 is 12.0 Å². The molecule has 0 unspecified atom stereocenters. The summed E-state index contributed by atoms with van der Waals surface area (Å²) in [6.07, 6.45) is 2.34. The van der Waals surface area contributed by atoms with Crippen molar-refractivity contribution in [3.8, 4) is 0 Å². The molecule has 1 aliphatic heterocycles. The number of amides is 2. The summed E-state index contributed by atoms with van der Waals surface area (Å²) >= 11 is 0. The van der Waals surface area contributed by atoms with Crippen LogP contribution in [0.1, 0.15) is 43.2 Å². The van der Waals surface area contributed by atoms with Crippen molar-refractivity contribution in [1.82, 2.24) is 9.80 Å². The summed E-state index contributed by atoms with van der Waals surface area (Å²) in [6.45, 7) is 5.77. The number of hydrogen-bond acceptors (Lipinski definition) is 3. The smallest absolute Gasteiger partial charge is 0.409 e. The molecule has 1 saturated heterocycles. The van der Waals surface area contributed by atoms with Crippen molar-refractivity contribution in [2.45, 2.75) is 45.1 Å². The Morgan fingerprint density at radius 3 is 2.56 bits per heavy atom. The SMILES string of the molecule is CCOC(=O)N(C)C1CCN(C(=O)[C@H]2C[C@@H]2c2ccccc2C)CC1. The Hall–Kier alpha value is -2.04. The van der Waals surface area contributed by atoms with Gasteiger partial charge in [-0.05, 0) is 50.2 Å². The molecule has 2 aliphatic rings. The molecular formula is C20H28N2O3. The Morgan fingerprint density at radius 1 is 1.24 bits per heavy atom. The summed E-state index contributed by atoms with van der Waals surface area (Å²) in [7, 11) is 1.79. The molecule has 1 heterocycles. The van der Waals surface area contributed by atoms with E-state index < -0.39 is 0 Å². The lowest BCUT2D eigenvalue weighted by molar-refractivity contribution is -0.134. The molecule has 0 spiro atoms. The Morgan fingerprint density at radius 2 is 1.92 bits per heavy atom. The van der Waals surface area contributed by atoms with Crippen LogP contribution in [0.15, 0.2) is 24.3 Å². The van der Waals surface area contributed by atoms with Gasteiger partial charge in [0.25, 0.3) is 0 Å². The van der Waals surface area contributed by atoms with Gasteiger partial charge in [0.2, 0.25) is 5.91 Å². The first-order chi connectivity index (χ1) is 12.0. The van der Waals surface area contributed by atoms with E-state index in [9.17, 15) is 9.59 Å². The zero-order chi connectivity index (χ0) is 18.0. The van der Waals surface area contributed by atoms with Crippen LogP contribution < -0.4 is 0 Å². The molecule has 3 rings (SSSR count). The Labute approximate surface area is 149 Å². The van der Waals surface area contributed by atoms with E-state index in [2.05, 4.69) is 25.1 Å². The number of carbonyl (C=O) groups is 2. The molecule has 0 aromatic heterocycles. The van der Waals surface area contributed by atoms with E-state index in [-0.39, 0.29) is 24.0 Å². The molecule has 2 fully saturated rings. The number of aryl methyl sites for hydroxylation is 1. The molecule has 0 radical (unpaired) electrons. The van der Waals surface area contributed by atoms with Crippen LogP contribution in [-0.2, 0) is 9.53 Å². The Bertz CT molecular complexity index is 638. The van der Waals surface area contributed by atoms with Crippen molar-refractivity contribution in [3.63, 3.8) is 0 Å². The third-order valence-electron chi connectivity index (χ3n) is 5.58.